The molecule has 110 valence electrons. The van der Waals surface area contributed by atoms with Gasteiger partial charge in [0.05, 0.1) is 0 Å². The smallest absolute Gasteiger partial charge is 0.0224 e. The van der Waals surface area contributed by atoms with Gasteiger partial charge < -0.3 is 0 Å². The molecule has 2 nitrogen and oxygen atoms in total. The summed E-state index contributed by atoms with van der Waals surface area (Å²) in [6.45, 7) is 11.4. The van der Waals surface area contributed by atoms with Gasteiger partial charge in [-0.3, -0.25) is 9.80 Å². The summed E-state index contributed by atoms with van der Waals surface area (Å²) in [5.74, 6) is 1.87. The molecule has 0 bridgehead atoms. The molecule has 1 saturated carbocycles. The standard InChI is InChI=1S/C17H32N2/c1-13-8-14(2)10-17(9-13)19-12-16-6-4-5-7-18(16)11-15(19)3/h13-17H,4-12H2,1-3H3. The van der Waals surface area contributed by atoms with E-state index < -0.39 is 0 Å². The van der Waals surface area contributed by atoms with Crippen LogP contribution in [-0.4, -0.2) is 47.6 Å². The Balaban J connectivity index is 1.66. The van der Waals surface area contributed by atoms with Crippen LogP contribution in [0.5, 0.6) is 0 Å². The predicted octanol–water partition coefficient (Wildman–Crippen LogP) is 3.37. The summed E-state index contributed by atoms with van der Waals surface area (Å²) in [7, 11) is 0. The van der Waals surface area contributed by atoms with E-state index in [-0.39, 0.29) is 0 Å². The second kappa shape index (κ2) is 5.73. The number of hydrogen-bond acceptors (Lipinski definition) is 2. The lowest BCUT2D eigenvalue weighted by atomic mass is 9.79. The minimum Gasteiger partial charge on any atom is -0.298 e. The van der Waals surface area contributed by atoms with Gasteiger partial charge in [-0.2, -0.15) is 0 Å². The highest BCUT2D eigenvalue weighted by Crippen LogP contribution is 2.35. The quantitative estimate of drug-likeness (QED) is 0.716. The lowest BCUT2D eigenvalue weighted by Gasteiger charge is -2.51. The van der Waals surface area contributed by atoms with Crippen molar-refractivity contribution in [1.29, 1.82) is 0 Å². The Morgan fingerprint density at radius 1 is 0.789 bits per heavy atom. The number of hydrogen-bond donors (Lipinski definition) is 0. The molecule has 2 aliphatic heterocycles. The summed E-state index contributed by atoms with van der Waals surface area (Å²) in [4.78, 5) is 5.67. The number of nitrogens with zero attached hydrogens (tertiary/aromatic N) is 2. The highest BCUT2D eigenvalue weighted by Gasteiger charge is 2.38. The third-order valence-corrected chi connectivity index (χ3v) is 5.86. The Hall–Kier alpha value is -0.0800. The van der Waals surface area contributed by atoms with Crippen LogP contribution in [0.25, 0.3) is 0 Å². The van der Waals surface area contributed by atoms with E-state index in [4.69, 9.17) is 0 Å². The van der Waals surface area contributed by atoms with Gasteiger partial charge in [0.25, 0.3) is 0 Å². The first-order valence-electron chi connectivity index (χ1n) is 8.63. The maximum Gasteiger partial charge on any atom is 0.0224 e. The van der Waals surface area contributed by atoms with Crippen LogP contribution in [0.15, 0.2) is 0 Å². The van der Waals surface area contributed by atoms with Gasteiger partial charge in [0, 0.05) is 31.2 Å². The Bertz CT molecular complexity index is 294. The van der Waals surface area contributed by atoms with E-state index in [1.54, 1.807) is 0 Å². The van der Waals surface area contributed by atoms with E-state index in [0.29, 0.717) is 0 Å². The predicted molar refractivity (Wildman–Crippen MR) is 81.3 cm³/mol. The van der Waals surface area contributed by atoms with Gasteiger partial charge in [0.1, 0.15) is 0 Å². The van der Waals surface area contributed by atoms with Crippen LogP contribution >= 0.6 is 0 Å². The van der Waals surface area contributed by atoms with Gasteiger partial charge in [0.15, 0.2) is 0 Å². The summed E-state index contributed by atoms with van der Waals surface area (Å²) >= 11 is 0. The minimum absolute atomic E-state index is 0.775. The molecular formula is C17H32N2. The molecule has 0 aromatic carbocycles. The number of rotatable bonds is 1. The minimum atomic E-state index is 0.775. The van der Waals surface area contributed by atoms with Gasteiger partial charge in [-0.25, -0.2) is 0 Å². The van der Waals surface area contributed by atoms with Crippen molar-refractivity contribution in [2.75, 3.05) is 19.6 Å². The molecule has 0 N–H and O–H groups in total. The zero-order chi connectivity index (χ0) is 13.4. The fourth-order valence-electron chi connectivity index (χ4n) is 5.06. The first kappa shape index (κ1) is 13.9. The number of fused-ring (bicyclic) bond motifs is 1. The van der Waals surface area contributed by atoms with Gasteiger partial charge in [0.2, 0.25) is 0 Å². The van der Waals surface area contributed by atoms with E-state index in [1.807, 2.05) is 0 Å². The molecule has 2 saturated heterocycles. The highest BCUT2D eigenvalue weighted by atomic mass is 15.3. The lowest BCUT2D eigenvalue weighted by Crippen LogP contribution is -2.61. The molecule has 1 aliphatic carbocycles. The normalized spacial score (nSPS) is 45.9. The molecule has 0 radical (unpaired) electrons. The first-order chi connectivity index (χ1) is 9.13. The van der Waals surface area contributed by atoms with Crippen molar-refractivity contribution in [2.24, 2.45) is 11.8 Å². The van der Waals surface area contributed by atoms with Gasteiger partial charge in [-0.15, -0.1) is 0 Å². The summed E-state index contributed by atoms with van der Waals surface area (Å²) in [5.41, 5.74) is 0. The Labute approximate surface area is 119 Å². The maximum atomic E-state index is 2.89. The lowest BCUT2D eigenvalue weighted by molar-refractivity contribution is -0.0258. The van der Waals surface area contributed by atoms with Gasteiger partial charge in [-0.1, -0.05) is 20.3 Å². The summed E-state index contributed by atoms with van der Waals surface area (Å²) in [5, 5.41) is 0. The largest absolute Gasteiger partial charge is 0.298 e. The Morgan fingerprint density at radius 2 is 1.53 bits per heavy atom. The summed E-state index contributed by atoms with van der Waals surface area (Å²) in [6, 6.07) is 2.52. The topological polar surface area (TPSA) is 6.48 Å². The zero-order valence-electron chi connectivity index (χ0n) is 13.1. The van der Waals surface area contributed by atoms with Crippen LogP contribution in [0, 0.1) is 11.8 Å². The molecule has 19 heavy (non-hydrogen) atoms. The van der Waals surface area contributed by atoms with Crippen LogP contribution in [0.2, 0.25) is 0 Å². The maximum absolute atomic E-state index is 2.89. The van der Waals surface area contributed by atoms with Crippen LogP contribution in [0.4, 0.5) is 0 Å². The molecule has 4 unspecified atom stereocenters. The van der Waals surface area contributed by atoms with Crippen LogP contribution in [-0.2, 0) is 0 Å². The molecule has 0 amide bonds. The number of piperazine rings is 1. The van der Waals surface area contributed by atoms with Crippen molar-refractivity contribution in [2.45, 2.75) is 77.4 Å². The van der Waals surface area contributed by atoms with E-state index in [0.717, 1.165) is 30.0 Å². The van der Waals surface area contributed by atoms with Crippen LogP contribution in [0.1, 0.15) is 59.3 Å². The fourth-order valence-corrected chi connectivity index (χ4v) is 5.06. The molecule has 2 heterocycles. The molecule has 3 fully saturated rings. The first-order valence-corrected chi connectivity index (χ1v) is 8.63. The van der Waals surface area contributed by atoms with Gasteiger partial charge >= 0.3 is 0 Å². The SMILES string of the molecule is CC1CC(C)CC(N2CC3CCCCN3CC2C)C1. The molecule has 3 rings (SSSR count). The summed E-state index contributed by atoms with van der Waals surface area (Å²) < 4.78 is 0. The molecule has 2 heteroatoms. The second-order valence-corrected chi connectivity index (χ2v) is 7.76. The van der Waals surface area contributed by atoms with Crippen molar-refractivity contribution in [3.05, 3.63) is 0 Å². The third kappa shape index (κ3) is 3.00. The van der Waals surface area contributed by atoms with Crippen LogP contribution in [0.3, 0.4) is 0 Å². The molecule has 0 aromatic rings. The molecule has 0 spiro atoms. The molecule has 3 aliphatic rings. The third-order valence-electron chi connectivity index (χ3n) is 5.86. The Morgan fingerprint density at radius 3 is 2.26 bits per heavy atom. The fraction of sp³-hybridized carbons (Fsp3) is 1.00. The monoisotopic (exact) mass is 264 g/mol. The van der Waals surface area contributed by atoms with E-state index >= 15 is 0 Å². The van der Waals surface area contributed by atoms with Crippen molar-refractivity contribution in [3.8, 4) is 0 Å². The average molecular weight is 264 g/mol. The van der Waals surface area contributed by atoms with Crippen molar-refractivity contribution >= 4 is 0 Å². The van der Waals surface area contributed by atoms with Crippen LogP contribution < -0.4 is 0 Å². The van der Waals surface area contributed by atoms with Crippen molar-refractivity contribution in [1.82, 2.24) is 9.80 Å². The second-order valence-electron chi connectivity index (χ2n) is 7.76. The molecular weight excluding hydrogens is 232 g/mol. The number of piperidine rings is 1. The average Bonchev–Trinajstić information content (AvgIpc) is 2.36. The van der Waals surface area contributed by atoms with E-state index in [1.165, 1.54) is 58.2 Å². The molecule has 0 aromatic heterocycles. The summed E-state index contributed by atoms with van der Waals surface area (Å²) in [6.07, 6.45) is 8.68. The van der Waals surface area contributed by atoms with E-state index in [2.05, 4.69) is 30.6 Å². The molecule has 4 atom stereocenters. The zero-order valence-corrected chi connectivity index (χ0v) is 13.1. The van der Waals surface area contributed by atoms with Crippen molar-refractivity contribution in [3.63, 3.8) is 0 Å². The highest BCUT2D eigenvalue weighted by molar-refractivity contribution is 4.93. The van der Waals surface area contributed by atoms with Gasteiger partial charge in [-0.05, 0) is 57.4 Å². The van der Waals surface area contributed by atoms with E-state index in [9.17, 15) is 0 Å². The Kier molecular flexibility index (Phi) is 4.19. The van der Waals surface area contributed by atoms with Crippen molar-refractivity contribution < 1.29 is 0 Å².